The number of anilines is 12. The van der Waals surface area contributed by atoms with Gasteiger partial charge in [0.25, 0.3) is 0 Å². The molecule has 0 atom stereocenters. The molecule has 0 aromatic heterocycles. The second-order valence-electron chi connectivity index (χ2n) is 32.8. The molecular formula is C120H112N4O3. The Kier molecular flexibility index (Phi) is 27.8. The molecule has 0 saturated carbocycles. The van der Waals surface area contributed by atoms with Gasteiger partial charge in [0.15, 0.2) is 0 Å². The Bertz CT molecular complexity index is 6360. The lowest BCUT2D eigenvalue weighted by Gasteiger charge is -2.30. The molecule has 0 amide bonds. The zero-order valence-corrected chi connectivity index (χ0v) is 75.5. The van der Waals surface area contributed by atoms with E-state index in [1.807, 2.05) is 12.1 Å². The SMILES string of the molecule is CCc1cccc(C)c1N(c1ccc(/C=C/c2ccc(C)cc2)cc1)c1ccc(-c2ccc(N(c3ccc(/C=C/c4ccc(OC)cc4)cc3)c3c(C)cccc3CC)cc2)cc1.COc1cc(/C=C/c2ccc(N(c3ccc(-c4ccc(N(c5ccc(/C=C/c6ccc(C)c(OC)c6)cc5)c5ccc(C)cc5C)cc4)cc3)c3ccc(C)cc3C)cc2)ccc1C. The van der Waals surface area contributed by atoms with Crippen LogP contribution in [0, 0.1) is 62.3 Å². The molecule has 0 N–H and O–H groups in total. The van der Waals surface area contributed by atoms with Crippen molar-refractivity contribution in [2.45, 2.75) is 89.0 Å². The van der Waals surface area contributed by atoms with Crippen molar-refractivity contribution >= 4 is 117 Å². The maximum absolute atomic E-state index is 5.54. The molecule has 16 rings (SSSR count). The Morgan fingerprint density at radius 1 is 0.213 bits per heavy atom. The number of hydrogen-bond acceptors (Lipinski definition) is 7. The Balaban J connectivity index is 0.000000196. The van der Waals surface area contributed by atoms with Crippen LogP contribution in [0.15, 0.2) is 352 Å². The first kappa shape index (κ1) is 87.0. The number of hydrogen-bond donors (Lipinski definition) is 0. The van der Waals surface area contributed by atoms with Crippen LogP contribution in [0.3, 0.4) is 0 Å². The third-order valence-corrected chi connectivity index (χ3v) is 23.7. The van der Waals surface area contributed by atoms with Gasteiger partial charge in [0.05, 0.1) is 32.7 Å². The molecular weight excluding hydrogens is 1550 g/mol. The van der Waals surface area contributed by atoms with E-state index < -0.39 is 0 Å². The summed E-state index contributed by atoms with van der Waals surface area (Å²) < 4.78 is 16.4. The number of rotatable bonds is 27. The summed E-state index contributed by atoms with van der Waals surface area (Å²) in [4.78, 5) is 9.53. The van der Waals surface area contributed by atoms with Gasteiger partial charge in [-0.25, -0.2) is 0 Å². The molecule has 16 aromatic rings. The van der Waals surface area contributed by atoms with Gasteiger partial charge in [-0.3, -0.25) is 0 Å². The summed E-state index contributed by atoms with van der Waals surface area (Å²) in [6, 6.07) is 127. The topological polar surface area (TPSA) is 40.7 Å². The second kappa shape index (κ2) is 40.6. The van der Waals surface area contributed by atoms with Crippen LogP contribution in [0.4, 0.5) is 68.2 Å². The van der Waals surface area contributed by atoms with Gasteiger partial charge in [-0.1, -0.05) is 298 Å². The molecule has 0 aliphatic heterocycles. The van der Waals surface area contributed by atoms with Crippen LogP contribution in [0.2, 0.25) is 0 Å². The van der Waals surface area contributed by atoms with E-state index in [9.17, 15) is 0 Å². The molecule has 16 aromatic carbocycles. The molecule has 0 heterocycles. The van der Waals surface area contributed by atoms with Crippen molar-refractivity contribution in [2.24, 2.45) is 0 Å². The van der Waals surface area contributed by atoms with Crippen LogP contribution in [0.1, 0.15) is 120 Å². The Morgan fingerprint density at radius 3 is 0.740 bits per heavy atom. The fraction of sp³-hybridized carbons (Fsp3) is 0.133. The van der Waals surface area contributed by atoms with Crippen LogP contribution >= 0.6 is 0 Å². The summed E-state index contributed by atoms with van der Waals surface area (Å²) in [7, 11) is 5.13. The third-order valence-electron chi connectivity index (χ3n) is 23.7. The fourth-order valence-corrected chi connectivity index (χ4v) is 16.6. The number of para-hydroxylation sites is 2. The normalized spacial score (nSPS) is 11.3. The molecule has 0 fully saturated rings. The molecule has 0 aliphatic carbocycles. The highest BCUT2D eigenvalue weighted by Crippen LogP contribution is 2.46. The van der Waals surface area contributed by atoms with Crippen LogP contribution in [-0.2, 0) is 12.8 Å². The zero-order valence-electron chi connectivity index (χ0n) is 75.5. The van der Waals surface area contributed by atoms with E-state index in [1.165, 1.54) is 83.7 Å². The second-order valence-corrected chi connectivity index (χ2v) is 32.8. The molecule has 7 heteroatoms. The summed E-state index contributed by atoms with van der Waals surface area (Å²) in [6.45, 7) is 23.8. The zero-order chi connectivity index (χ0) is 88.5. The number of aryl methyl sites for hydroxylation is 11. The van der Waals surface area contributed by atoms with Gasteiger partial charge in [0.2, 0.25) is 0 Å². The largest absolute Gasteiger partial charge is 0.497 e. The first-order valence-corrected chi connectivity index (χ1v) is 43.9. The van der Waals surface area contributed by atoms with E-state index >= 15 is 0 Å². The van der Waals surface area contributed by atoms with Crippen molar-refractivity contribution in [3.8, 4) is 39.5 Å². The average molecular weight is 1660 g/mol. The van der Waals surface area contributed by atoms with Gasteiger partial charge >= 0.3 is 0 Å². The fourth-order valence-electron chi connectivity index (χ4n) is 16.6. The van der Waals surface area contributed by atoms with E-state index in [2.05, 4.69) is 484 Å². The standard InChI is InChI=1S/C60H56N2O2.C60H56N2O/c1-41-9-35-57(45(5)37-41)61(53-27-19-47(20-28-53)15-17-49-13-11-43(3)59(39-49)63-7)55-31-23-51(24-32-55)52-25-33-56(34-26-52)62(58-36-10-42(2)38-46(58)6)54-29-21-48(22-30-54)16-18-50-14-12-44(4)60(40-50)64-8;1-7-50-13-9-11-44(4)59(50)61(54-33-23-47(24-34-54)20-19-46-17-15-43(3)16-18-46)56-37-29-52(30-38-56)53-31-39-57(40-32-53)62(60-45(5)12-10-14-51(60)8-2)55-35-25-48(26-36-55)21-22-49-27-41-58(63-6)42-28-49/h9-40H,1-8H3;9-42H,7-8H2,1-6H3/b17-15+,18-16+;20-19+,22-21+. The summed E-state index contributed by atoms with van der Waals surface area (Å²) in [5, 5.41) is 0. The van der Waals surface area contributed by atoms with Crippen LogP contribution in [-0.4, -0.2) is 21.3 Å². The van der Waals surface area contributed by atoms with Gasteiger partial charge in [0.1, 0.15) is 17.2 Å². The highest BCUT2D eigenvalue weighted by atomic mass is 16.5. The van der Waals surface area contributed by atoms with E-state index in [0.717, 1.165) is 143 Å². The summed E-state index contributed by atoms with van der Waals surface area (Å²) in [5.41, 5.74) is 41.0. The van der Waals surface area contributed by atoms with Crippen molar-refractivity contribution in [3.05, 3.63) is 458 Å². The van der Waals surface area contributed by atoms with Gasteiger partial charge in [-0.15, -0.1) is 0 Å². The summed E-state index contributed by atoms with van der Waals surface area (Å²) >= 11 is 0. The minimum Gasteiger partial charge on any atom is -0.497 e. The van der Waals surface area contributed by atoms with Crippen LogP contribution in [0.5, 0.6) is 17.2 Å². The maximum Gasteiger partial charge on any atom is 0.122 e. The highest BCUT2D eigenvalue weighted by molar-refractivity contribution is 5.88. The number of nitrogens with zero attached hydrogens (tertiary/aromatic N) is 4. The Morgan fingerprint density at radius 2 is 0.465 bits per heavy atom. The molecule has 0 aliphatic rings. The predicted octanol–water partition coefficient (Wildman–Crippen LogP) is 33.2. The van der Waals surface area contributed by atoms with E-state index in [0.29, 0.717) is 0 Å². The molecule has 0 unspecified atom stereocenters. The summed E-state index contributed by atoms with van der Waals surface area (Å²) in [6.07, 6.45) is 19.1. The number of ether oxygens (including phenoxy) is 3. The lowest BCUT2D eigenvalue weighted by molar-refractivity contribution is 0.411. The van der Waals surface area contributed by atoms with Gasteiger partial charge < -0.3 is 33.8 Å². The Hall–Kier alpha value is -14.9. The smallest absolute Gasteiger partial charge is 0.122 e. The lowest BCUT2D eigenvalue weighted by Crippen LogP contribution is -2.13. The third kappa shape index (κ3) is 21.0. The molecule has 630 valence electrons. The van der Waals surface area contributed by atoms with E-state index in [4.69, 9.17) is 14.2 Å². The van der Waals surface area contributed by atoms with Crippen molar-refractivity contribution in [1.82, 2.24) is 0 Å². The quantitative estimate of drug-likeness (QED) is 0.0475. The molecule has 0 bridgehead atoms. The number of methoxy groups -OCH3 is 3. The minimum absolute atomic E-state index is 0.858. The van der Waals surface area contributed by atoms with Crippen LogP contribution < -0.4 is 33.8 Å². The van der Waals surface area contributed by atoms with Crippen molar-refractivity contribution < 1.29 is 14.2 Å². The van der Waals surface area contributed by atoms with Gasteiger partial charge in [-0.05, 0) is 320 Å². The van der Waals surface area contributed by atoms with Crippen molar-refractivity contribution in [1.29, 1.82) is 0 Å². The van der Waals surface area contributed by atoms with Crippen molar-refractivity contribution in [3.63, 3.8) is 0 Å². The Labute approximate surface area is 753 Å². The first-order valence-electron chi connectivity index (χ1n) is 43.9. The van der Waals surface area contributed by atoms with Gasteiger partial charge in [0, 0.05) is 56.9 Å². The van der Waals surface area contributed by atoms with Crippen molar-refractivity contribution in [2.75, 3.05) is 40.9 Å². The van der Waals surface area contributed by atoms with E-state index in [1.54, 1.807) is 21.3 Å². The average Bonchev–Trinajstić information content (AvgIpc) is 0.776. The highest BCUT2D eigenvalue weighted by Gasteiger charge is 2.23. The molecule has 7 nitrogen and oxygen atoms in total. The monoisotopic (exact) mass is 1660 g/mol. The maximum atomic E-state index is 5.54. The molecule has 0 radical (unpaired) electrons. The van der Waals surface area contributed by atoms with E-state index in [-0.39, 0.29) is 0 Å². The number of benzene rings is 16. The molecule has 127 heavy (non-hydrogen) atoms. The van der Waals surface area contributed by atoms with Gasteiger partial charge in [-0.2, -0.15) is 0 Å². The first-order chi connectivity index (χ1) is 61.9. The summed E-state index contributed by atoms with van der Waals surface area (Å²) in [5.74, 6) is 2.65. The predicted molar refractivity (Wildman–Crippen MR) is 545 cm³/mol. The lowest BCUT2D eigenvalue weighted by atomic mass is 10.00. The molecule has 0 saturated heterocycles. The van der Waals surface area contributed by atoms with Crippen LogP contribution in [0.25, 0.3) is 70.9 Å². The minimum atomic E-state index is 0.858. The molecule has 0 spiro atoms.